The van der Waals surface area contributed by atoms with Crippen molar-refractivity contribution in [2.45, 2.75) is 37.5 Å². The van der Waals surface area contributed by atoms with Crippen LogP contribution >= 0.6 is 11.8 Å². The third-order valence-electron chi connectivity index (χ3n) is 2.88. The molecule has 0 radical (unpaired) electrons. The lowest BCUT2D eigenvalue weighted by Gasteiger charge is -2.36. The zero-order chi connectivity index (χ0) is 10.6. The third-order valence-corrected chi connectivity index (χ3v) is 3.79. The lowest BCUT2D eigenvalue weighted by Crippen LogP contribution is -2.49. The van der Waals surface area contributed by atoms with Crippen molar-refractivity contribution in [1.82, 2.24) is 4.90 Å². The van der Waals surface area contributed by atoms with Gasteiger partial charge >= 0.3 is 0 Å². The first-order valence-electron chi connectivity index (χ1n) is 5.24. The molecule has 0 aromatic rings. The number of carbonyl (C=O) groups excluding carboxylic acids is 1. The van der Waals surface area contributed by atoms with Crippen LogP contribution in [0.1, 0.15) is 26.2 Å². The summed E-state index contributed by atoms with van der Waals surface area (Å²) in [6.07, 6.45) is 5.38. The van der Waals surface area contributed by atoms with Crippen LogP contribution in [0.2, 0.25) is 0 Å². The van der Waals surface area contributed by atoms with Gasteiger partial charge in [-0.15, -0.1) is 0 Å². The lowest BCUT2D eigenvalue weighted by atomic mass is 10.0. The van der Waals surface area contributed by atoms with Crippen molar-refractivity contribution in [2.75, 3.05) is 19.3 Å². The Kier molecular flexibility index (Phi) is 4.75. The van der Waals surface area contributed by atoms with E-state index in [-0.39, 0.29) is 17.2 Å². The molecule has 0 aromatic carbocycles. The van der Waals surface area contributed by atoms with Crippen LogP contribution in [0.4, 0.5) is 0 Å². The Morgan fingerprint density at radius 2 is 2.36 bits per heavy atom. The molecule has 14 heavy (non-hydrogen) atoms. The van der Waals surface area contributed by atoms with E-state index in [0.29, 0.717) is 6.54 Å². The SMILES string of the molecule is CSC(C)C(=O)N1CCCCC1CN. The molecule has 0 bridgehead atoms. The highest BCUT2D eigenvalue weighted by Gasteiger charge is 2.28. The summed E-state index contributed by atoms with van der Waals surface area (Å²) in [4.78, 5) is 13.9. The van der Waals surface area contributed by atoms with E-state index in [9.17, 15) is 4.79 Å². The highest BCUT2D eigenvalue weighted by molar-refractivity contribution is 7.99. The number of nitrogens with zero attached hydrogens (tertiary/aromatic N) is 1. The predicted molar refractivity (Wildman–Crippen MR) is 61.4 cm³/mol. The second-order valence-corrected chi connectivity index (χ2v) is 4.97. The van der Waals surface area contributed by atoms with Crippen LogP contribution in [0, 0.1) is 0 Å². The fraction of sp³-hybridized carbons (Fsp3) is 0.900. The smallest absolute Gasteiger partial charge is 0.235 e. The van der Waals surface area contributed by atoms with Gasteiger partial charge in [-0.25, -0.2) is 0 Å². The number of hydrogen-bond acceptors (Lipinski definition) is 3. The molecule has 1 saturated heterocycles. The van der Waals surface area contributed by atoms with Crippen molar-refractivity contribution in [3.8, 4) is 0 Å². The zero-order valence-electron chi connectivity index (χ0n) is 9.03. The zero-order valence-corrected chi connectivity index (χ0v) is 9.85. The Labute approximate surface area is 90.4 Å². The molecule has 2 N–H and O–H groups in total. The number of likely N-dealkylation sites (tertiary alicyclic amines) is 1. The molecule has 0 aliphatic carbocycles. The Balaban J connectivity index is 2.58. The summed E-state index contributed by atoms with van der Waals surface area (Å²) in [7, 11) is 0. The van der Waals surface area contributed by atoms with Crippen LogP contribution in [0.3, 0.4) is 0 Å². The molecular formula is C10H20N2OS. The summed E-state index contributed by atoms with van der Waals surface area (Å²) in [6.45, 7) is 3.47. The van der Waals surface area contributed by atoms with Crippen molar-refractivity contribution < 1.29 is 4.79 Å². The van der Waals surface area contributed by atoms with Gasteiger partial charge in [0, 0.05) is 19.1 Å². The van der Waals surface area contributed by atoms with Crippen LogP contribution in [-0.2, 0) is 4.79 Å². The van der Waals surface area contributed by atoms with Gasteiger partial charge in [-0.1, -0.05) is 0 Å². The van der Waals surface area contributed by atoms with E-state index >= 15 is 0 Å². The van der Waals surface area contributed by atoms with Gasteiger partial charge < -0.3 is 10.6 Å². The molecule has 0 saturated carbocycles. The Morgan fingerprint density at radius 1 is 1.64 bits per heavy atom. The van der Waals surface area contributed by atoms with E-state index in [0.717, 1.165) is 19.4 Å². The summed E-state index contributed by atoms with van der Waals surface area (Å²) in [5.74, 6) is 0.257. The van der Waals surface area contributed by atoms with Crippen molar-refractivity contribution >= 4 is 17.7 Å². The van der Waals surface area contributed by atoms with Gasteiger partial charge in [0.1, 0.15) is 0 Å². The monoisotopic (exact) mass is 216 g/mol. The van der Waals surface area contributed by atoms with Crippen LogP contribution in [0.15, 0.2) is 0 Å². The van der Waals surface area contributed by atoms with Crippen molar-refractivity contribution in [1.29, 1.82) is 0 Å². The number of hydrogen-bond donors (Lipinski definition) is 1. The number of carbonyl (C=O) groups is 1. The molecule has 1 heterocycles. The molecule has 4 heteroatoms. The van der Waals surface area contributed by atoms with E-state index in [1.165, 1.54) is 6.42 Å². The van der Waals surface area contributed by atoms with Crippen molar-refractivity contribution in [3.63, 3.8) is 0 Å². The minimum absolute atomic E-state index is 0.0714. The molecule has 1 rings (SSSR count). The van der Waals surface area contributed by atoms with Gasteiger partial charge in [-0.2, -0.15) is 11.8 Å². The predicted octanol–water partition coefficient (Wildman–Crippen LogP) is 1.08. The largest absolute Gasteiger partial charge is 0.337 e. The second kappa shape index (κ2) is 5.61. The molecule has 3 nitrogen and oxygen atoms in total. The fourth-order valence-corrected chi connectivity index (χ4v) is 2.21. The molecular weight excluding hydrogens is 196 g/mol. The van der Waals surface area contributed by atoms with Gasteiger partial charge in [-0.3, -0.25) is 4.79 Å². The number of thioether (sulfide) groups is 1. The summed E-state index contributed by atoms with van der Waals surface area (Å²) in [5.41, 5.74) is 5.67. The minimum atomic E-state index is 0.0714. The van der Waals surface area contributed by atoms with E-state index < -0.39 is 0 Å². The van der Waals surface area contributed by atoms with Crippen LogP contribution in [0.25, 0.3) is 0 Å². The molecule has 1 aliphatic rings. The molecule has 2 atom stereocenters. The topological polar surface area (TPSA) is 46.3 Å². The molecule has 0 aromatic heterocycles. The highest BCUT2D eigenvalue weighted by atomic mass is 32.2. The van der Waals surface area contributed by atoms with Crippen LogP contribution in [0.5, 0.6) is 0 Å². The summed E-state index contributed by atoms with van der Waals surface area (Å²) < 4.78 is 0. The van der Waals surface area contributed by atoms with E-state index in [4.69, 9.17) is 5.73 Å². The van der Waals surface area contributed by atoms with Gasteiger partial charge in [-0.05, 0) is 32.4 Å². The molecule has 82 valence electrons. The fourth-order valence-electron chi connectivity index (χ4n) is 1.87. The molecule has 1 amide bonds. The average Bonchev–Trinajstić information content (AvgIpc) is 2.26. The third kappa shape index (κ3) is 2.64. The van der Waals surface area contributed by atoms with Gasteiger partial charge in [0.25, 0.3) is 0 Å². The first-order valence-corrected chi connectivity index (χ1v) is 6.52. The lowest BCUT2D eigenvalue weighted by molar-refractivity contribution is -0.133. The quantitative estimate of drug-likeness (QED) is 0.768. The first kappa shape index (κ1) is 11.9. The molecule has 2 unspecified atom stereocenters. The Hall–Kier alpha value is -0.220. The van der Waals surface area contributed by atoms with Crippen molar-refractivity contribution in [3.05, 3.63) is 0 Å². The standard InChI is InChI=1S/C10H20N2OS/c1-8(14-2)10(13)12-6-4-3-5-9(12)7-11/h8-9H,3-7,11H2,1-2H3. The maximum Gasteiger partial charge on any atom is 0.235 e. The van der Waals surface area contributed by atoms with E-state index in [1.54, 1.807) is 11.8 Å². The number of rotatable bonds is 3. The van der Waals surface area contributed by atoms with E-state index in [1.807, 2.05) is 18.1 Å². The summed E-state index contributed by atoms with van der Waals surface area (Å²) >= 11 is 1.61. The van der Waals surface area contributed by atoms with E-state index in [2.05, 4.69) is 0 Å². The summed E-state index contributed by atoms with van der Waals surface area (Å²) in [6, 6.07) is 0.283. The second-order valence-electron chi connectivity index (χ2n) is 3.79. The maximum absolute atomic E-state index is 11.9. The van der Waals surface area contributed by atoms with Gasteiger partial charge in [0.05, 0.1) is 5.25 Å². The first-order chi connectivity index (χ1) is 6.70. The van der Waals surface area contributed by atoms with Crippen molar-refractivity contribution in [2.24, 2.45) is 5.73 Å². The molecule has 1 aliphatic heterocycles. The maximum atomic E-state index is 11.9. The number of nitrogens with two attached hydrogens (primary N) is 1. The van der Waals surface area contributed by atoms with Crippen LogP contribution in [-0.4, -0.2) is 41.4 Å². The normalized spacial score (nSPS) is 24.8. The summed E-state index contributed by atoms with van der Waals surface area (Å²) in [5, 5.41) is 0.0714. The number of piperidine rings is 1. The Bertz CT molecular complexity index is 199. The minimum Gasteiger partial charge on any atom is -0.337 e. The highest BCUT2D eigenvalue weighted by Crippen LogP contribution is 2.19. The van der Waals surface area contributed by atoms with Gasteiger partial charge in [0.15, 0.2) is 0 Å². The van der Waals surface area contributed by atoms with Crippen LogP contribution < -0.4 is 5.73 Å². The molecule has 0 spiro atoms. The van der Waals surface area contributed by atoms with Gasteiger partial charge in [0.2, 0.25) is 5.91 Å². The molecule has 1 fully saturated rings. The number of amides is 1. The average molecular weight is 216 g/mol. The Morgan fingerprint density at radius 3 is 2.93 bits per heavy atom.